The minimum Gasteiger partial charge on any atom is -0.399 e. The Morgan fingerprint density at radius 2 is 1.95 bits per heavy atom. The SMILES string of the molecule is CCC1CCC(O)(CNC(=O)Cc2ccc(N)cc2)CC1. The molecule has 4 heteroatoms. The van der Waals surface area contributed by atoms with Crippen LogP contribution in [0, 0.1) is 5.92 Å². The van der Waals surface area contributed by atoms with Gasteiger partial charge in [-0.2, -0.15) is 0 Å². The van der Waals surface area contributed by atoms with E-state index in [4.69, 9.17) is 5.73 Å². The van der Waals surface area contributed by atoms with E-state index in [1.54, 1.807) is 12.1 Å². The first-order chi connectivity index (χ1) is 10.0. The van der Waals surface area contributed by atoms with Gasteiger partial charge in [-0.1, -0.05) is 25.5 Å². The number of hydrogen-bond acceptors (Lipinski definition) is 3. The highest BCUT2D eigenvalue weighted by Gasteiger charge is 2.32. The summed E-state index contributed by atoms with van der Waals surface area (Å²) in [7, 11) is 0. The third-order valence-corrected chi connectivity index (χ3v) is 4.57. The maximum Gasteiger partial charge on any atom is 0.224 e. The monoisotopic (exact) mass is 290 g/mol. The number of nitrogen functional groups attached to an aromatic ring is 1. The van der Waals surface area contributed by atoms with E-state index < -0.39 is 5.60 Å². The molecule has 1 aliphatic rings. The molecule has 2 rings (SSSR count). The number of hydrogen-bond donors (Lipinski definition) is 3. The molecule has 0 radical (unpaired) electrons. The third kappa shape index (κ3) is 4.74. The number of anilines is 1. The number of carbonyl (C=O) groups is 1. The number of carbonyl (C=O) groups excluding carboxylic acids is 1. The normalized spacial score (nSPS) is 25.5. The molecule has 0 aliphatic heterocycles. The quantitative estimate of drug-likeness (QED) is 0.728. The summed E-state index contributed by atoms with van der Waals surface area (Å²) in [4.78, 5) is 11.9. The van der Waals surface area contributed by atoms with Crippen LogP contribution >= 0.6 is 0 Å². The van der Waals surface area contributed by atoms with E-state index in [0.29, 0.717) is 18.7 Å². The minimum atomic E-state index is -0.720. The van der Waals surface area contributed by atoms with Gasteiger partial charge in [0.05, 0.1) is 12.0 Å². The standard InChI is InChI=1S/C17H26N2O2/c1-2-13-7-9-17(21,10-8-13)12-19-16(20)11-14-3-5-15(18)6-4-14/h3-6,13,21H,2,7-12,18H2,1H3,(H,19,20). The van der Waals surface area contributed by atoms with Crippen molar-refractivity contribution in [1.29, 1.82) is 0 Å². The van der Waals surface area contributed by atoms with Crippen LogP contribution in [0.2, 0.25) is 0 Å². The summed E-state index contributed by atoms with van der Waals surface area (Å²) >= 11 is 0. The Kier molecular flexibility index (Phi) is 5.23. The summed E-state index contributed by atoms with van der Waals surface area (Å²) in [6, 6.07) is 7.30. The lowest BCUT2D eigenvalue weighted by Crippen LogP contribution is -2.45. The summed E-state index contributed by atoms with van der Waals surface area (Å²) in [5.74, 6) is 0.682. The van der Waals surface area contributed by atoms with Gasteiger partial charge in [-0.15, -0.1) is 0 Å². The third-order valence-electron chi connectivity index (χ3n) is 4.57. The number of amides is 1. The van der Waals surface area contributed by atoms with Crippen LogP contribution in [0.1, 0.15) is 44.6 Å². The first-order valence-corrected chi connectivity index (χ1v) is 7.84. The fourth-order valence-corrected chi connectivity index (χ4v) is 2.95. The van der Waals surface area contributed by atoms with Crippen molar-refractivity contribution in [3.05, 3.63) is 29.8 Å². The Morgan fingerprint density at radius 3 is 2.52 bits per heavy atom. The fourth-order valence-electron chi connectivity index (χ4n) is 2.95. The predicted molar refractivity (Wildman–Crippen MR) is 84.8 cm³/mol. The van der Waals surface area contributed by atoms with Gasteiger partial charge in [0.15, 0.2) is 0 Å². The highest BCUT2D eigenvalue weighted by Crippen LogP contribution is 2.33. The molecular weight excluding hydrogens is 264 g/mol. The lowest BCUT2D eigenvalue weighted by atomic mass is 9.78. The molecule has 0 unspecified atom stereocenters. The molecule has 1 aliphatic carbocycles. The van der Waals surface area contributed by atoms with Crippen molar-refractivity contribution in [2.24, 2.45) is 5.92 Å². The van der Waals surface area contributed by atoms with Gasteiger partial charge in [0.25, 0.3) is 0 Å². The molecule has 4 N–H and O–H groups in total. The average molecular weight is 290 g/mol. The zero-order valence-electron chi connectivity index (χ0n) is 12.8. The zero-order valence-corrected chi connectivity index (χ0v) is 12.8. The molecule has 0 heterocycles. The van der Waals surface area contributed by atoms with Crippen LogP contribution in [0.3, 0.4) is 0 Å². The molecule has 4 nitrogen and oxygen atoms in total. The van der Waals surface area contributed by atoms with Crippen LogP contribution in [0.5, 0.6) is 0 Å². The Balaban J connectivity index is 1.77. The van der Waals surface area contributed by atoms with Gasteiger partial charge < -0.3 is 16.2 Å². The van der Waals surface area contributed by atoms with Crippen LogP contribution in [0.15, 0.2) is 24.3 Å². The molecule has 0 aromatic heterocycles. The van der Waals surface area contributed by atoms with Gasteiger partial charge in [0.1, 0.15) is 0 Å². The highest BCUT2D eigenvalue weighted by atomic mass is 16.3. The van der Waals surface area contributed by atoms with E-state index in [1.807, 2.05) is 12.1 Å². The number of benzene rings is 1. The molecule has 1 saturated carbocycles. The maximum atomic E-state index is 11.9. The van der Waals surface area contributed by atoms with Crippen molar-refractivity contribution in [3.63, 3.8) is 0 Å². The number of nitrogens with one attached hydrogen (secondary N) is 1. The molecule has 0 saturated heterocycles. The van der Waals surface area contributed by atoms with E-state index in [2.05, 4.69) is 12.2 Å². The molecule has 116 valence electrons. The lowest BCUT2D eigenvalue weighted by molar-refractivity contribution is -0.122. The van der Waals surface area contributed by atoms with Crippen LogP contribution in [-0.4, -0.2) is 23.2 Å². The second-order valence-corrected chi connectivity index (χ2v) is 6.27. The Morgan fingerprint density at radius 1 is 1.33 bits per heavy atom. The van der Waals surface area contributed by atoms with Crippen molar-refractivity contribution in [2.45, 2.75) is 51.0 Å². The number of nitrogens with two attached hydrogens (primary N) is 1. The summed E-state index contributed by atoms with van der Waals surface area (Å²) in [5.41, 5.74) is 6.53. The van der Waals surface area contributed by atoms with Crippen LogP contribution in [0.25, 0.3) is 0 Å². The minimum absolute atomic E-state index is 0.0502. The summed E-state index contributed by atoms with van der Waals surface area (Å²) in [6.45, 7) is 2.56. The average Bonchev–Trinajstić information content (AvgIpc) is 2.49. The summed E-state index contributed by atoms with van der Waals surface area (Å²) in [6.07, 6.45) is 5.19. The summed E-state index contributed by atoms with van der Waals surface area (Å²) < 4.78 is 0. The van der Waals surface area contributed by atoms with Gasteiger partial charge in [-0.3, -0.25) is 4.79 Å². The van der Waals surface area contributed by atoms with E-state index in [0.717, 1.165) is 37.2 Å². The molecule has 1 aromatic carbocycles. The fraction of sp³-hybridized carbons (Fsp3) is 0.588. The van der Waals surface area contributed by atoms with Crippen LogP contribution < -0.4 is 11.1 Å². The Labute approximate surface area is 126 Å². The van der Waals surface area contributed by atoms with E-state index in [1.165, 1.54) is 6.42 Å². The van der Waals surface area contributed by atoms with Gasteiger partial charge in [-0.25, -0.2) is 0 Å². The molecule has 0 spiro atoms. The molecule has 0 bridgehead atoms. The van der Waals surface area contributed by atoms with Crippen molar-refractivity contribution in [1.82, 2.24) is 5.32 Å². The topological polar surface area (TPSA) is 75.3 Å². The first-order valence-electron chi connectivity index (χ1n) is 7.84. The van der Waals surface area contributed by atoms with Crippen LogP contribution in [0.4, 0.5) is 5.69 Å². The molecule has 0 atom stereocenters. The van der Waals surface area contributed by atoms with Crippen molar-refractivity contribution in [2.75, 3.05) is 12.3 Å². The second kappa shape index (κ2) is 6.94. The largest absolute Gasteiger partial charge is 0.399 e. The Bertz CT molecular complexity index is 462. The van der Waals surface area contributed by atoms with Gasteiger partial charge in [0, 0.05) is 12.2 Å². The molecule has 21 heavy (non-hydrogen) atoms. The maximum absolute atomic E-state index is 11.9. The van der Waals surface area contributed by atoms with Crippen molar-refractivity contribution >= 4 is 11.6 Å². The highest BCUT2D eigenvalue weighted by molar-refractivity contribution is 5.78. The first kappa shape index (κ1) is 15.8. The Hall–Kier alpha value is -1.55. The van der Waals surface area contributed by atoms with Gasteiger partial charge >= 0.3 is 0 Å². The zero-order chi connectivity index (χ0) is 15.3. The predicted octanol–water partition coefficient (Wildman–Crippen LogP) is 2.26. The van der Waals surface area contributed by atoms with Crippen molar-refractivity contribution < 1.29 is 9.90 Å². The molecule has 1 fully saturated rings. The molecular formula is C17H26N2O2. The lowest BCUT2D eigenvalue weighted by Gasteiger charge is -2.35. The molecule has 1 amide bonds. The van der Waals surface area contributed by atoms with Crippen molar-refractivity contribution in [3.8, 4) is 0 Å². The van der Waals surface area contributed by atoms with Gasteiger partial charge in [0.2, 0.25) is 5.91 Å². The van der Waals surface area contributed by atoms with Crippen LogP contribution in [-0.2, 0) is 11.2 Å². The van der Waals surface area contributed by atoms with E-state index >= 15 is 0 Å². The number of rotatable bonds is 5. The van der Waals surface area contributed by atoms with Gasteiger partial charge in [-0.05, 0) is 49.3 Å². The summed E-state index contributed by atoms with van der Waals surface area (Å²) in [5, 5.41) is 13.4. The van der Waals surface area contributed by atoms with E-state index in [-0.39, 0.29) is 5.91 Å². The number of aliphatic hydroxyl groups is 1. The smallest absolute Gasteiger partial charge is 0.224 e. The van der Waals surface area contributed by atoms with E-state index in [9.17, 15) is 9.90 Å². The molecule has 1 aromatic rings. The second-order valence-electron chi connectivity index (χ2n) is 6.27.